The van der Waals surface area contributed by atoms with Crippen LogP contribution in [0.15, 0.2) is 46.6 Å². The van der Waals surface area contributed by atoms with Gasteiger partial charge in [-0.05, 0) is 6.07 Å². The molecule has 148 valence electrons. The van der Waals surface area contributed by atoms with Gasteiger partial charge < -0.3 is 20.1 Å². The van der Waals surface area contributed by atoms with Crippen LogP contribution in [0.25, 0.3) is 11.3 Å². The fraction of sp³-hybridized carbons (Fsp3) is 0.353. The second kappa shape index (κ2) is 8.46. The Morgan fingerprint density at radius 1 is 1.25 bits per heavy atom. The summed E-state index contributed by atoms with van der Waals surface area (Å²) in [5.74, 6) is 0. The Balaban J connectivity index is 1.61. The number of hydrogen-bond acceptors (Lipinski definition) is 9. The molecule has 0 aliphatic carbocycles. The highest BCUT2D eigenvalue weighted by Crippen LogP contribution is 2.38. The van der Waals surface area contributed by atoms with Crippen LogP contribution in [0.3, 0.4) is 0 Å². The molecule has 0 aromatic carbocycles. The van der Waals surface area contributed by atoms with Crippen LogP contribution < -0.4 is 0 Å². The summed E-state index contributed by atoms with van der Waals surface area (Å²) in [5, 5.41) is 37.9. The van der Waals surface area contributed by atoms with Gasteiger partial charge in [-0.15, -0.1) is 11.3 Å². The van der Waals surface area contributed by atoms with Crippen LogP contribution >= 0.6 is 34.7 Å². The van der Waals surface area contributed by atoms with Gasteiger partial charge in [0.2, 0.25) is 0 Å². The minimum atomic E-state index is -1.14. The van der Waals surface area contributed by atoms with Gasteiger partial charge in [-0.1, -0.05) is 23.4 Å². The summed E-state index contributed by atoms with van der Waals surface area (Å²) in [6.45, 7) is -0.393. The molecular formula is C17H17ClN4O4S2. The summed E-state index contributed by atoms with van der Waals surface area (Å²) in [6.07, 6.45) is 3.36. The lowest BCUT2D eigenvalue weighted by Gasteiger charge is -2.42. The molecule has 3 N–H and O–H groups in total. The maximum atomic E-state index is 10.9. The molecule has 1 aliphatic rings. The largest absolute Gasteiger partial charge is 0.394 e. The van der Waals surface area contributed by atoms with Gasteiger partial charge >= 0.3 is 0 Å². The van der Waals surface area contributed by atoms with E-state index in [1.165, 1.54) is 34.0 Å². The Labute approximate surface area is 173 Å². The van der Waals surface area contributed by atoms with Gasteiger partial charge in [-0.2, -0.15) is 5.10 Å². The molecule has 28 heavy (non-hydrogen) atoms. The Hall–Kier alpha value is -1.53. The van der Waals surface area contributed by atoms with Gasteiger partial charge in [0.1, 0.15) is 29.8 Å². The predicted molar refractivity (Wildman–Crippen MR) is 105 cm³/mol. The van der Waals surface area contributed by atoms with Crippen molar-refractivity contribution in [2.75, 3.05) is 6.61 Å². The van der Waals surface area contributed by atoms with Crippen molar-refractivity contribution in [3.05, 3.63) is 46.8 Å². The van der Waals surface area contributed by atoms with E-state index in [0.717, 1.165) is 11.3 Å². The maximum absolute atomic E-state index is 10.9. The van der Waals surface area contributed by atoms with E-state index < -0.39 is 36.4 Å². The Bertz CT molecular complexity index is 926. The Morgan fingerprint density at radius 3 is 2.82 bits per heavy atom. The van der Waals surface area contributed by atoms with E-state index in [-0.39, 0.29) is 0 Å². The van der Waals surface area contributed by atoms with Gasteiger partial charge in [0.05, 0.1) is 29.0 Å². The molecule has 0 bridgehead atoms. The molecule has 3 aromatic heterocycles. The summed E-state index contributed by atoms with van der Waals surface area (Å²) in [4.78, 5) is 8.97. The number of aliphatic hydroxyl groups excluding tert-OH is 3. The molecule has 0 radical (unpaired) electrons. The quantitative estimate of drug-likeness (QED) is 0.550. The van der Waals surface area contributed by atoms with Gasteiger partial charge in [0.25, 0.3) is 0 Å². The summed E-state index contributed by atoms with van der Waals surface area (Å²) in [5.41, 5.74) is 2.51. The SMILES string of the molecule is OC[C@H]1O[C@H](Sc2cncc(Cl)c2)[C@H](O)[C@@H](n2cc(-c3cscn3)cn2)[C@H]1O. The molecule has 8 nitrogen and oxygen atoms in total. The maximum Gasteiger partial charge on any atom is 0.136 e. The third-order valence-electron chi connectivity index (χ3n) is 4.42. The second-order valence-corrected chi connectivity index (χ2v) is 8.56. The first-order chi connectivity index (χ1) is 13.6. The molecule has 4 heterocycles. The van der Waals surface area contributed by atoms with Crippen molar-refractivity contribution in [3.8, 4) is 11.3 Å². The highest BCUT2D eigenvalue weighted by Gasteiger charge is 2.46. The molecule has 5 atom stereocenters. The van der Waals surface area contributed by atoms with Crippen molar-refractivity contribution >= 4 is 34.7 Å². The lowest BCUT2D eigenvalue weighted by atomic mass is 9.97. The zero-order chi connectivity index (χ0) is 19.7. The molecular weight excluding hydrogens is 424 g/mol. The van der Waals surface area contributed by atoms with Crippen molar-refractivity contribution in [2.45, 2.75) is 34.7 Å². The van der Waals surface area contributed by atoms with Crippen LogP contribution in [-0.2, 0) is 4.74 Å². The van der Waals surface area contributed by atoms with Gasteiger partial charge in [-0.25, -0.2) is 4.98 Å². The molecule has 0 saturated carbocycles. The number of aliphatic hydroxyl groups is 3. The van der Waals surface area contributed by atoms with E-state index in [1.54, 1.807) is 30.2 Å². The number of hydrogen-bond donors (Lipinski definition) is 3. The first kappa shape index (κ1) is 19.8. The highest BCUT2D eigenvalue weighted by atomic mass is 35.5. The van der Waals surface area contributed by atoms with Gasteiger partial charge in [0.15, 0.2) is 0 Å². The molecule has 0 unspecified atom stereocenters. The zero-order valence-corrected chi connectivity index (χ0v) is 16.8. The lowest BCUT2D eigenvalue weighted by Crippen LogP contribution is -2.54. The Kier molecular flexibility index (Phi) is 5.97. The number of halogens is 1. The van der Waals surface area contributed by atoms with Crippen molar-refractivity contribution in [2.24, 2.45) is 0 Å². The molecule has 3 aromatic rings. The minimum Gasteiger partial charge on any atom is -0.394 e. The standard InChI is InChI=1S/C17H17ClN4O4S2/c18-10-1-11(4-19-3-10)28-17-16(25)14(15(24)13(6-23)26-17)22-5-9(2-21-22)12-7-27-8-20-12/h1-5,7-8,13-17,23-25H,6H2/t13-,14+,15+,16-,17-/m1/s1. The molecule has 1 fully saturated rings. The van der Waals surface area contributed by atoms with Crippen LogP contribution in [0.1, 0.15) is 6.04 Å². The molecule has 0 spiro atoms. The first-order valence-electron chi connectivity index (χ1n) is 8.39. The van der Waals surface area contributed by atoms with E-state index in [1.807, 2.05) is 5.38 Å². The van der Waals surface area contributed by atoms with E-state index in [4.69, 9.17) is 16.3 Å². The number of thiazole rings is 1. The van der Waals surface area contributed by atoms with E-state index in [0.29, 0.717) is 9.92 Å². The van der Waals surface area contributed by atoms with Crippen LogP contribution in [-0.4, -0.2) is 65.4 Å². The van der Waals surface area contributed by atoms with Crippen molar-refractivity contribution in [1.82, 2.24) is 19.7 Å². The monoisotopic (exact) mass is 440 g/mol. The average Bonchev–Trinajstić information content (AvgIpc) is 3.36. The topological polar surface area (TPSA) is 114 Å². The number of nitrogens with zero attached hydrogens (tertiary/aromatic N) is 4. The zero-order valence-electron chi connectivity index (χ0n) is 14.4. The first-order valence-corrected chi connectivity index (χ1v) is 10.6. The number of pyridine rings is 1. The Morgan fingerprint density at radius 2 is 2.11 bits per heavy atom. The summed E-state index contributed by atoms with van der Waals surface area (Å²) in [6, 6.07) is 0.903. The second-order valence-electron chi connectivity index (χ2n) is 6.24. The molecule has 4 rings (SSSR count). The van der Waals surface area contributed by atoms with Crippen LogP contribution in [0.5, 0.6) is 0 Å². The normalized spacial score (nSPS) is 27.8. The summed E-state index contributed by atoms with van der Waals surface area (Å²) < 4.78 is 7.22. The van der Waals surface area contributed by atoms with Crippen molar-refractivity contribution < 1.29 is 20.1 Å². The number of ether oxygens (including phenoxy) is 1. The fourth-order valence-corrected chi connectivity index (χ4v) is 4.94. The predicted octanol–water partition coefficient (Wildman–Crippen LogP) is 1.83. The number of aromatic nitrogens is 4. The fourth-order valence-electron chi connectivity index (χ4n) is 3.06. The van der Waals surface area contributed by atoms with Crippen molar-refractivity contribution in [3.63, 3.8) is 0 Å². The van der Waals surface area contributed by atoms with E-state index >= 15 is 0 Å². The third kappa shape index (κ3) is 3.94. The van der Waals surface area contributed by atoms with Crippen LogP contribution in [0, 0.1) is 0 Å². The molecule has 11 heteroatoms. The van der Waals surface area contributed by atoms with E-state index in [9.17, 15) is 15.3 Å². The molecule has 1 saturated heterocycles. The number of thioether (sulfide) groups is 1. The third-order valence-corrected chi connectivity index (χ3v) is 6.33. The summed E-state index contributed by atoms with van der Waals surface area (Å²) in [7, 11) is 0. The van der Waals surface area contributed by atoms with Crippen LogP contribution in [0.4, 0.5) is 0 Å². The summed E-state index contributed by atoms with van der Waals surface area (Å²) >= 11 is 8.66. The lowest BCUT2D eigenvalue weighted by molar-refractivity contribution is -0.178. The van der Waals surface area contributed by atoms with Gasteiger partial charge in [0, 0.05) is 34.4 Å². The molecule has 1 aliphatic heterocycles. The van der Waals surface area contributed by atoms with Crippen molar-refractivity contribution in [1.29, 1.82) is 0 Å². The minimum absolute atomic E-state index is 0.393. The van der Waals surface area contributed by atoms with Crippen LogP contribution in [0.2, 0.25) is 5.02 Å². The van der Waals surface area contributed by atoms with Gasteiger partial charge in [-0.3, -0.25) is 9.67 Å². The van der Waals surface area contributed by atoms with E-state index in [2.05, 4.69) is 15.1 Å². The average molecular weight is 441 g/mol. The highest BCUT2D eigenvalue weighted by molar-refractivity contribution is 7.99. The smallest absolute Gasteiger partial charge is 0.136 e. The molecule has 0 amide bonds. The number of rotatable bonds is 5.